The summed E-state index contributed by atoms with van der Waals surface area (Å²) in [6.45, 7) is 2.39. The molecule has 3 heteroatoms. The molecule has 0 nitrogen and oxygen atoms in total. The Hall–Kier alpha value is 0.423. The molecule has 3 rings (SSSR count). The number of rotatable bonds is 2. The second-order valence-corrected chi connectivity index (χ2v) is 9.12. The zero-order valence-electron chi connectivity index (χ0n) is 10.6. The molecule has 96 valence electrons. The largest absolute Gasteiger partial charge is 1.00 e. The van der Waals surface area contributed by atoms with Gasteiger partial charge in [-0.1, -0.05) is 0 Å². The first-order chi connectivity index (χ1) is 7.84. The topological polar surface area (TPSA) is 0 Å². The molecule has 0 aromatic carbocycles. The van der Waals surface area contributed by atoms with Crippen LogP contribution in [0.3, 0.4) is 0 Å². The summed E-state index contributed by atoms with van der Waals surface area (Å²) in [7, 11) is 0. The van der Waals surface area contributed by atoms with Crippen molar-refractivity contribution < 1.29 is 48.0 Å². The Balaban J connectivity index is 0.000000810. The van der Waals surface area contributed by atoms with Gasteiger partial charge < -0.3 is 24.8 Å². The van der Waals surface area contributed by atoms with Gasteiger partial charge in [-0.15, -0.1) is 0 Å². The van der Waals surface area contributed by atoms with Crippen LogP contribution in [-0.4, -0.2) is 0 Å². The summed E-state index contributed by atoms with van der Waals surface area (Å²) in [6.07, 6.45) is 18.3. The van der Waals surface area contributed by atoms with E-state index in [2.05, 4.69) is 43.4 Å². The third kappa shape index (κ3) is 3.30. The predicted molar refractivity (Wildman–Crippen MR) is 64.7 cm³/mol. The van der Waals surface area contributed by atoms with Crippen LogP contribution in [0, 0.1) is 11.8 Å². The molecule has 3 unspecified atom stereocenters. The Morgan fingerprint density at radius 1 is 1.11 bits per heavy atom. The molecular weight excluding hydrogens is 342 g/mol. The minimum absolute atomic E-state index is 0. The minimum atomic E-state index is -0.325. The van der Waals surface area contributed by atoms with Crippen molar-refractivity contribution in [2.24, 2.45) is 11.8 Å². The molecule has 0 amide bonds. The van der Waals surface area contributed by atoms with Crippen molar-refractivity contribution in [1.82, 2.24) is 0 Å². The van der Waals surface area contributed by atoms with Crippen molar-refractivity contribution in [3.05, 3.63) is 45.3 Å². The van der Waals surface area contributed by atoms with Crippen molar-refractivity contribution in [2.75, 3.05) is 0 Å². The average Bonchev–Trinajstić information content (AvgIpc) is 2.90. The fourth-order valence-electron chi connectivity index (χ4n) is 3.15. The number of fused-ring (bicyclic) bond motifs is 1. The van der Waals surface area contributed by atoms with Gasteiger partial charge in [0.05, 0.1) is 0 Å². The first-order valence-electron chi connectivity index (χ1n) is 6.35. The average molecular weight is 360 g/mol. The van der Waals surface area contributed by atoms with Gasteiger partial charge in [0.25, 0.3) is 0 Å². The van der Waals surface area contributed by atoms with Gasteiger partial charge in [-0.3, -0.25) is 0 Å². The maximum atomic E-state index is 2.44. The zero-order valence-corrected chi connectivity index (χ0v) is 14.5. The smallest absolute Gasteiger partial charge is 1.00 e. The number of allylic oxidation sites excluding steroid dienone is 8. The molecule has 0 aromatic rings. The van der Waals surface area contributed by atoms with Gasteiger partial charge in [-0.2, -0.15) is 0 Å². The van der Waals surface area contributed by atoms with Crippen molar-refractivity contribution in [3.63, 3.8) is 0 Å². The first kappa shape index (κ1) is 16.5. The molecule has 3 aliphatic rings. The Morgan fingerprint density at radius 3 is 2.67 bits per heavy atom. The first-order valence-corrected chi connectivity index (χ1v) is 9.00. The van der Waals surface area contributed by atoms with Crippen LogP contribution in [0.15, 0.2) is 45.3 Å². The van der Waals surface area contributed by atoms with E-state index >= 15 is 0 Å². The Kier molecular flexibility index (Phi) is 6.66. The summed E-state index contributed by atoms with van der Waals surface area (Å²) >= 11 is -0.325. The van der Waals surface area contributed by atoms with Gasteiger partial charge in [0.15, 0.2) is 0 Å². The maximum absolute atomic E-state index is 2.44. The van der Waals surface area contributed by atoms with E-state index in [0.717, 1.165) is 15.5 Å². The fraction of sp³-hybridized carbons (Fsp3) is 0.467. The SMILES string of the molecule is CC1C=CC=C2[CH]([Zr+2][C]3=CC=CC3)CCC21.[Cl-].[Cl-]. The van der Waals surface area contributed by atoms with Crippen LogP contribution in [0.25, 0.3) is 0 Å². The third-order valence-electron chi connectivity index (χ3n) is 4.07. The minimum Gasteiger partial charge on any atom is -1.00 e. The van der Waals surface area contributed by atoms with Gasteiger partial charge in [-0.25, -0.2) is 0 Å². The van der Waals surface area contributed by atoms with E-state index in [4.69, 9.17) is 0 Å². The molecule has 1 fully saturated rings. The maximum Gasteiger partial charge on any atom is -1.00 e. The summed E-state index contributed by atoms with van der Waals surface area (Å²) in [5.74, 6) is 1.69. The van der Waals surface area contributed by atoms with Gasteiger partial charge in [0.1, 0.15) is 0 Å². The van der Waals surface area contributed by atoms with Crippen LogP contribution in [0.5, 0.6) is 0 Å². The number of halogens is 2. The van der Waals surface area contributed by atoms with Crippen LogP contribution in [-0.2, 0) is 23.2 Å². The van der Waals surface area contributed by atoms with E-state index < -0.39 is 0 Å². The molecule has 0 saturated heterocycles. The van der Waals surface area contributed by atoms with Crippen LogP contribution in [0.1, 0.15) is 26.2 Å². The summed E-state index contributed by atoms with van der Waals surface area (Å²) in [4.78, 5) is 0. The zero-order chi connectivity index (χ0) is 11.0. The summed E-state index contributed by atoms with van der Waals surface area (Å²) in [6, 6.07) is 0. The Morgan fingerprint density at radius 2 is 1.94 bits per heavy atom. The van der Waals surface area contributed by atoms with Gasteiger partial charge in [-0.05, 0) is 0 Å². The number of hydrogen-bond donors (Lipinski definition) is 0. The molecule has 1 saturated carbocycles. The van der Waals surface area contributed by atoms with Crippen LogP contribution in [0.2, 0.25) is 3.63 Å². The monoisotopic (exact) mass is 358 g/mol. The number of hydrogen-bond acceptors (Lipinski definition) is 0. The molecule has 0 spiro atoms. The van der Waals surface area contributed by atoms with E-state index in [1.807, 2.05) is 5.57 Å². The molecular formula is C15H18Cl2Zr. The predicted octanol–water partition coefficient (Wildman–Crippen LogP) is -1.75. The second-order valence-electron chi connectivity index (χ2n) is 5.12. The second kappa shape index (κ2) is 7.27. The van der Waals surface area contributed by atoms with Crippen LogP contribution >= 0.6 is 0 Å². The molecule has 0 N–H and O–H groups in total. The standard InChI is InChI=1S/C10H13.C5H5.2ClH.Zr/c1-8-4-2-5-9-6-3-7-10(8)9;1-2-4-5-3-1;;;/h2,4-6,8,10H,3,7H2,1H3;1-3H,4H2;2*1H;/q;;;;+2/p-2. The van der Waals surface area contributed by atoms with E-state index in [1.165, 1.54) is 19.3 Å². The van der Waals surface area contributed by atoms with E-state index in [1.54, 1.807) is 3.28 Å². The van der Waals surface area contributed by atoms with Crippen LogP contribution < -0.4 is 24.8 Å². The third-order valence-corrected chi connectivity index (χ3v) is 8.27. The molecule has 0 heterocycles. The van der Waals surface area contributed by atoms with Crippen molar-refractivity contribution in [1.29, 1.82) is 0 Å². The fourth-order valence-corrected chi connectivity index (χ4v) is 7.24. The molecule has 0 aliphatic heterocycles. The Labute approximate surface area is 134 Å². The van der Waals surface area contributed by atoms with Crippen molar-refractivity contribution in [2.45, 2.75) is 29.8 Å². The quantitative estimate of drug-likeness (QED) is 0.548. The van der Waals surface area contributed by atoms with Gasteiger partial charge in [0.2, 0.25) is 0 Å². The normalized spacial score (nSPS) is 31.7. The molecule has 0 bridgehead atoms. The van der Waals surface area contributed by atoms with E-state index in [-0.39, 0.29) is 48.0 Å². The molecule has 0 aromatic heterocycles. The van der Waals surface area contributed by atoms with Crippen LogP contribution in [0.4, 0.5) is 0 Å². The van der Waals surface area contributed by atoms with Gasteiger partial charge in [0, 0.05) is 0 Å². The summed E-state index contributed by atoms with van der Waals surface area (Å²) in [5.41, 5.74) is 1.81. The van der Waals surface area contributed by atoms with Crippen molar-refractivity contribution >= 4 is 0 Å². The summed E-state index contributed by atoms with van der Waals surface area (Å²) < 4.78 is 2.81. The van der Waals surface area contributed by atoms with E-state index in [0.29, 0.717) is 0 Å². The molecule has 3 atom stereocenters. The van der Waals surface area contributed by atoms with Gasteiger partial charge >= 0.3 is 110 Å². The molecule has 0 radical (unpaired) electrons. The van der Waals surface area contributed by atoms with Crippen molar-refractivity contribution in [3.8, 4) is 0 Å². The summed E-state index contributed by atoms with van der Waals surface area (Å²) in [5, 5.41) is 0. The molecule has 18 heavy (non-hydrogen) atoms. The Bertz CT molecular complexity index is 407. The van der Waals surface area contributed by atoms with E-state index in [9.17, 15) is 0 Å². The molecule has 3 aliphatic carbocycles.